The van der Waals surface area contributed by atoms with Crippen LogP contribution in [0.15, 0.2) is 19.0 Å². The Labute approximate surface area is 865 Å². The molecule has 3 amide bonds. The fourth-order valence-corrected chi connectivity index (χ4v) is 17.7. The van der Waals surface area contributed by atoms with Crippen molar-refractivity contribution in [3.05, 3.63) is 37.2 Å². The van der Waals surface area contributed by atoms with Gasteiger partial charge in [0.15, 0.2) is 86.6 Å². The van der Waals surface area contributed by atoms with E-state index in [9.17, 15) is 76.4 Å². The number of imidazole rings is 3. The molecule has 41 nitrogen and oxygen atoms in total. The molecule has 45 heteroatoms. The molecule has 6 aromatic rings. The quantitative estimate of drug-likeness (QED) is 0.00516. The maximum atomic E-state index is 14.8. The van der Waals surface area contributed by atoms with E-state index in [0.717, 1.165) is 70.6 Å². The number of amides is 3. The Morgan fingerprint density at radius 3 is 0.946 bits per heavy atom. The van der Waals surface area contributed by atoms with Gasteiger partial charge >= 0.3 is 60.0 Å². The van der Waals surface area contributed by atoms with Gasteiger partial charge in [0, 0.05) is 69.4 Å². The summed E-state index contributed by atoms with van der Waals surface area (Å²) < 4.78 is 117. The summed E-state index contributed by atoms with van der Waals surface area (Å²) in [4.78, 5) is 155. The van der Waals surface area contributed by atoms with Crippen molar-refractivity contribution < 1.29 is 138 Å². The number of aliphatic hydroxyl groups excluding tert-OH is 3. The predicted molar refractivity (Wildman–Crippen MR) is 532 cm³/mol. The fourth-order valence-electron chi connectivity index (χ4n) is 17.6. The van der Waals surface area contributed by atoms with Gasteiger partial charge in [-0.25, -0.2) is 34.1 Å². The highest BCUT2D eigenvalue weighted by molar-refractivity contribution is 6.61. The number of rotatable bonds is 59. The molecule has 12 heterocycles. The van der Waals surface area contributed by atoms with Crippen molar-refractivity contribution in [3.63, 3.8) is 0 Å². The van der Waals surface area contributed by atoms with Gasteiger partial charge in [0.1, 0.15) is 44.1 Å². The number of halogens is 4. The van der Waals surface area contributed by atoms with E-state index in [2.05, 4.69) is 111 Å². The predicted octanol–water partition coefficient (Wildman–Crippen LogP) is 18.3. The third kappa shape index (κ3) is 37.8. The molecular weight excluding hydrogens is 1960 g/mol. The first kappa shape index (κ1) is 120. The molecule has 6 aromatic heterocycles. The van der Waals surface area contributed by atoms with E-state index >= 15 is 0 Å². The first-order valence-electron chi connectivity index (χ1n) is 52.5. The lowest BCUT2D eigenvalue weighted by molar-refractivity contribution is -0.146. The van der Waals surface area contributed by atoms with Crippen molar-refractivity contribution in [1.29, 1.82) is 0 Å². The van der Waals surface area contributed by atoms with Crippen LogP contribution >= 0.6 is 11.6 Å². The highest BCUT2D eigenvalue weighted by atomic mass is 35.5. The molecule has 0 spiro atoms. The molecule has 148 heavy (non-hydrogen) atoms. The lowest BCUT2D eigenvalue weighted by Crippen LogP contribution is -2.45. The van der Waals surface area contributed by atoms with Crippen LogP contribution in [0.5, 0.6) is 0 Å². The molecule has 12 rings (SSSR count). The van der Waals surface area contributed by atoms with E-state index in [4.69, 9.17) is 87.7 Å². The van der Waals surface area contributed by atoms with Crippen LogP contribution < -0.4 is 16.0 Å². The molecule has 12 atom stereocenters. The minimum atomic E-state index is -1.80. The zero-order valence-electron chi connectivity index (χ0n) is 85.4. The summed E-state index contributed by atoms with van der Waals surface area (Å²) in [5.41, 5.74) is -5.82. The summed E-state index contributed by atoms with van der Waals surface area (Å²) in [6.07, 6.45) is 52.6. The number of unbranched alkanes of at least 4 members (excludes halogenated alkanes) is 36. The molecule has 0 unspecified atom stereocenters. The van der Waals surface area contributed by atoms with Crippen molar-refractivity contribution in [2.24, 2.45) is 0 Å². The minimum absolute atomic E-state index is 0.00155. The van der Waals surface area contributed by atoms with Gasteiger partial charge in [0.2, 0.25) is 5.60 Å². The maximum absolute atomic E-state index is 14.8. The lowest BCUT2D eigenvalue weighted by Gasteiger charge is -2.28. The Balaban J connectivity index is 0.000000239. The summed E-state index contributed by atoms with van der Waals surface area (Å²) in [5.74, 6) is 2.88. The van der Waals surface area contributed by atoms with E-state index in [-0.39, 0.29) is 129 Å². The van der Waals surface area contributed by atoms with Crippen molar-refractivity contribution in [2.45, 2.75) is 414 Å². The number of carbonyl (C=O) groups excluding carboxylic acids is 10. The van der Waals surface area contributed by atoms with Crippen LogP contribution in [-0.2, 0) is 90.3 Å². The first-order valence-corrected chi connectivity index (χ1v) is 52.9. The normalized spacial score (nSPS) is 21.6. The Bertz CT molecular complexity index is 5370. The topological polar surface area (TPSA) is 518 Å². The average Bonchev–Trinajstić information content (AvgIpc) is 1.60. The van der Waals surface area contributed by atoms with E-state index in [1.165, 1.54) is 200 Å². The van der Waals surface area contributed by atoms with Crippen molar-refractivity contribution >= 4 is 122 Å². The van der Waals surface area contributed by atoms with Crippen molar-refractivity contribution in [2.75, 3.05) is 62.2 Å². The second-order valence-electron chi connectivity index (χ2n) is 37.5. The highest BCUT2D eigenvalue weighted by Crippen LogP contribution is 2.44. The Morgan fingerprint density at radius 1 is 0.392 bits per heavy atom. The van der Waals surface area contributed by atoms with Gasteiger partial charge in [0.05, 0.1) is 52.0 Å². The number of anilines is 3. The SMILES string of the molecule is C#C[C@]1(CO)O[C@@H](n2cnc3c(NC(=O)[C@H]4CCC(=O)O4)nc(F)nc32)C[C@@H]1O.C#C[C@]1(COC(=O)OCCCCCCCCCCCC)O[C@@H](n2cnc3c(NC(=O)[C@H]4CCC(=O)O4)nc(F)nc32)C[C@@H]1O.C#C[C@]1(COC(=O)OCCCCCCCCCCCC)O[C@@H](n2cnc3c(NC(=O)[C@H]4CCC(=O)O4)nc(F)nc32)C[C@@H]1OC(=O)OCCCCCCCCCCCC.CCCCCCCCCCCCOC(=O)Cl. The number of fused-ring (bicyclic) bond motifs is 3. The number of hydrogen-bond donors (Lipinski definition) is 6. The summed E-state index contributed by atoms with van der Waals surface area (Å²) in [6, 6.07) is 0. The third-order valence-corrected chi connectivity index (χ3v) is 26.3. The van der Waals surface area contributed by atoms with E-state index < -0.39 is 170 Å². The van der Waals surface area contributed by atoms with Gasteiger partial charge in [-0.2, -0.15) is 43.1 Å². The number of hydrogen-bond acceptors (Lipinski definition) is 35. The van der Waals surface area contributed by atoms with Crippen LogP contribution in [0.2, 0.25) is 0 Å². The fraction of sp³-hybridized carbons (Fsp3) is 0.699. The van der Waals surface area contributed by atoms with Crippen molar-refractivity contribution in [3.8, 4) is 37.0 Å². The number of aliphatic hydroxyl groups is 3. The average molecular weight is 2100 g/mol. The largest absolute Gasteiger partial charge is 0.508 e. The Hall–Kier alpha value is -11.7. The van der Waals surface area contributed by atoms with E-state index in [0.29, 0.717) is 25.9 Å². The Morgan fingerprint density at radius 2 is 0.662 bits per heavy atom. The van der Waals surface area contributed by atoms with Gasteiger partial charge in [-0.15, -0.1) is 19.3 Å². The smallest absolute Gasteiger partial charge is 0.454 e. The third-order valence-electron chi connectivity index (χ3n) is 26.2. The number of ether oxygens (including phenoxy) is 13. The number of carbonyl (C=O) groups is 10. The van der Waals surface area contributed by atoms with Gasteiger partial charge in [-0.3, -0.25) is 42.5 Å². The number of cyclic esters (lactones) is 3. The number of aromatic nitrogens is 12. The zero-order chi connectivity index (χ0) is 107. The van der Waals surface area contributed by atoms with Crippen LogP contribution in [0, 0.1) is 55.3 Å². The minimum Gasteiger partial charge on any atom is -0.454 e. The number of terminal acetylenes is 3. The highest BCUT2D eigenvalue weighted by Gasteiger charge is 2.54. The monoisotopic (exact) mass is 2100 g/mol. The van der Waals surface area contributed by atoms with E-state index in [1.54, 1.807) is 0 Å². The van der Waals surface area contributed by atoms with Gasteiger partial charge in [-0.1, -0.05) is 277 Å². The van der Waals surface area contributed by atoms with Crippen LogP contribution in [0.1, 0.15) is 361 Å². The van der Waals surface area contributed by atoms with E-state index in [1.807, 2.05) is 0 Å². The first-order chi connectivity index (χ1) is 71.6. The summed E-state index contributed by atoms with van der Waals surface area (Å²) >= 11 is 5.04. The molecule has 6 aliphatic rings. The molecule has 6 fully saturated rings. The molecule has 0 bridgehead atoms. The molecule has 6 N–H and O–H groups in total. The number of esters is 3. The van der Waals surface area contributed by atoms with Crippen LogP contribution in [-0.4, -0.2) is 233 Å². The van der Waals surface area contributed by atoms with Crippen LogP contribution in [0.25, 0.3) is 33.5 Å². The standard InChI is InChI=1S/C43H64FN5O10.C30H40FN5O8.C17H16FN5O6.C13H25ClO2/c1-4-7-9-11-13-15-17-19-21-23-27-54-41(52)56-30-43(6-3)33(58-42(53)55-28-24-22-20-18-16-14-12-10-8-5-2)29-34(59-43)49-31-45-36-37(47-40(44)48-38(36)49)46-39(51)32-25-26-35(50)57-32;1-3-5-6-7-8-9-10-11-12-13-16-41-29(40)42-18-30(4-2)21(37)17-22(44-30)36-19-32-24-25(34-28(31)35-26(24)36)33-27(39)20-14-15-23(38)43-20;1-2-17(6-24)9(25)5-10(29-17)23-7-19-12-13(21-16(18)22-14(12)23)20-15(27)8-3-4-11(26)28-8;1-2-3-4-5-6-7-8-9-10-11-12-16-13(14)15/h3,31-34H,4-5,7-30H2,1-2H3,(H,46,47,48,51);2,19-22,37H,3,5-18H2,1H3,(H,33,34,35,39);1,7-10,24-25H,3-6H2,(H,20,21,22,27);2-12H2,1H3/t32-,33+,34-,43-;20-,21+,22-,30-;8-,9+,10-,17-;/m111./s1. The van der Waals surface area contributed by atoms with Crippen LogP contribution in [0.4, 0.5) is 49.8 Å². The summed E-state index contributed by atoms with van der Waals surface area (Å²) in [6.45, 7) is 8.23. The van der Waals surface area contributed by atoms with Crippen LogP contribution in [0.3, 0.4) is 0 Å². The molecule has 816 valence electrons. The van der Waals surface area contributed by atoms with Gasteiger partial charge in [-0.05, 0) is 25.7 Å². The lowest BCUT2D eigenvalue weighted by atomic mass is 9.98. The van der Waals surface area contributed by atoms with Crippen molar-refractivity contribution in [1.82, 2.24) is 58.6 Å². The second kappa shape index (κ2) is 64.0. The summed E-state index contributed by atoms with van der Waals surface area (Å²) in [7, 11) is 0. The molecule has 0 aromatic carbocycles. The van der Waals surface area contributed by atoms with Gasteiger partial charge < -0.3 is 92.8 Å². The number of nitrogens with one attached hydrogen (secondary N) is 3. The molecule has 6 aliphatic heterocycles. The molecule has 6 saturated heterocycles. The maximum Gasteiger partial charge on any atom is 0.508 e. The molecular formula is C103H145ClF3N15O26. The number of nitrogens with zero attached hydrogens (tertiary/aromatic N) is 12. The second-order valence-corrected chi connectivity index (χ2v) is 37.8. The van der Waals surface area contributed by atoms with Gasteiger partial charge in [0.25, 0.3) is 17.7 Å². The molecule has 0 radical (unpaired) electrons. The summed E-state index contributed by atoms with van der Waals surface area (Å²) in [5, 5.41) is 37.8. The molecule has 0 saturated carbocycles. The Kier molecular flexibility index (Phi) is 51.8. The molecule has 0 aliphatic carbocycles. The zero-order valence-corrected chi connectivity index (χ0v) is 86.1.